The Morgan fingerprint density at radius 3 is 2.82 bits per heavy atom. The second-order valence-electron chi connectivity index (χ2n) is 3.77. The summed E-state index contributed by atoms with van der Waals surface area (Å²) in [5.41, 5.74) is 0.453. The van der Waals surface area contributed by atoms with Crippen molar-refractivity contribution < 1.29 is 9.53 Å². The Bertz CT molecular complexity index is 452. The van der Waals surface area contributed by atoms with E-state index in [1.807, 2.05) is 19.9 Å². The van der Waals surface area contributed by atoms with Gasteiger partial charge in [0.15, 0.2) is 6.61 Å². The molecule has 0 aliphatic carbocycles. The molecule has 90 valence electrons. The number of nitriles is 1. The third kappa shape index (κ3) is 4.33. The van der Waals surface area contributed by atoms with Crippen molar-refractivity contribution in [2.45, 2.75) is 19.9 Å². The molecule has 0 heterocycles. The Morgan fingerprint density at radius 1 is 1.59 bits per heavy atom. The molecule has 0 bridgehead atoms. The molecule has 0 aliphatic rings. The van der Waals surface area contributed by atoms with Crippen LogP contribution in [-0.2, 0) is 4.79 Å². The molecule has 0 fully saturated rings. The van der Waals surface area contributed by atoms with Gasteiger partial charge in [-0.05, 0) is 32.0 Å². The van der Waals surface area contributed by atoms with Gasteiger partial charge < -0.3 is 10.1 Å². The molecule has 0 saturated carbocycles. The molecule has 0 aromatic heterocycles. The van der Waals surface area contributed by atoms with Gasteiger partial charge in [-0.2, -0.15) is 5.26 Å². The van der Waals surface area contributed by atoms with Crippen molar-refractivity contribution in [1.29, 1.82) is 5.26 Å². The van der Waals surface area contributed by atoms with Gasteiger partial charge in [-0.3, -0.25) is 4.79 Å². The van der Waals surface area contributed by atoms with Gasteiger partial charge in [0.05, 0.1) is 16.7 Å². The average Bonchev–Trinajstić information content (AvgIpc) is 2.26. The van der Waals surface area contributed by atoms with E-state index in [-0.39, 0.29) is 18.6 Å². The first-order chi connectivity index (χ1) is 8.02. The maximum absolute atomic E-state index is 11.3. The summed E-state index contributed by atoms with van der Waals surface area (Å²) in [4.78, 5) is 11.3. The number of ether oxygens (including phenoxy) is 1. The topological polar surface area (TPSA) is 62.1 Å². The minimum Gasteiger partial charge on any atom is -0.482 e. The number of benzene rings is 1. The number of nitrogens with zero attached hydrogens (tertiary/aromatic N) is 1. The van der Waals surface area contributed by atoms with Crippen LogP contribution in [0.1, 0.15) is 19.4 Å². The second-order valence-corrected chi connectivity index (χ2v) is 4.18. The highest BCUT2D eigenvalue weighted by atomic mass is 35.5. The lowest BCUT2D eigenvalue weighted by atomic mass is 10.2. The SMILES string of the molecule is CC(C)NC(=O)COc1ccc(C#N)cc1Cl. The zero-order chi connectivity index (χ0) is 12.8. The number of amides is 1. The molecule has 0 saturated heterocycles. The highest BCUT2D eigenvalue weighted by Crippen LogP contribution is 2.24. The van der Waals surface area contributed by atoms with Crippen molar-refractivity contribution in [3.05, 3.63) is 28.8 Å². The Morgan fingerprint density at radius 2 is 2.29 bits per heavy atom. The maximum atomic E-state index is 11.3. The molecule has 1 aromatic rings. The molecule has 1 amide bonds. The summed E-state index contributed by atoms with van der Waals surface area (Å²) < 4.78 is 5.25. The average molecular weight is 253 g/mol. The van der Waals surface area contributed by atoms with Crippen LogP contribution in [0.2, 0.25) is 5.02 Å². The number of carbonyl (C=O) groups excluding carboxylic acids is 1. The Balaban J connectivity index is 2.58. The number of hydrogen-bond acceptors (Lipinski definition) is 3. The quantitative estimate of drug-likeness (QED) is 0.893. The largest absolute Gasteiger partial charge is 0.482 e. The van der Waals surface area contributed by atoms with Crippen LogP contribution >= 0.6 is 11.6 Å². The fourth-order valence-corrected chi connectivity index (χ4v) is 1.43. The van der Waals surface area contributed by atoms with Crippen LogP contribution in [0.3, 0.4) is 0 Å². The number of carbonyl (C=O) groups is 1. The highest BCUT2D eigenvalue weighted by molar-refractivity contribution is 6.32. The second kappa shape index (κ2) is 6.12. The molecule has 0 atom stereocenters. The van der Waals surface area contributed by atoms with Crippen LogP contribution in [-0.4, -0.2) is 18.6 Å². The van der Waals surface area contributed by atoms with Crippen molar-refractivity contribution in [2.24, 2.45) is 0 Å². The van der Waals surface area contributed by atoms with E-state index in [1.165, 1.54) is 6.07 Å². The minimum absolute atomic E-state index is 0.0718. The monoisotopic (exact) mass is 252 g/mol. The molecular weight excluding hydrogens is 240 g/mol. The third-order valence-corrected chi connectivity index (χ3v) is 2.16. The summed E-state index contributed by atoms with van der Waals surface area (Å²) in [5.74, 6) is 0.185. The van der Waals surface area contributed by atoms with Gasteiger partial charge >= 0.3 is 0 Å². The summed E-state index contributed by atoms with van der Waals surface area (Å²) in [5, 5.41) is 11.7. The molecule has 0 unspecified atom stereocenters. The number of nitrogens with one attached hydrogen (secondary N) is 1. The summed E-state index contributed by atoms with van der Waals surface area (Å²) in [7, 11) is 0. The lowest BCUT2D eigenvalue weighted by Crippen LogP contribution is -2.34. The van der Waals surface area contributed by atoms with Crippen LogP contribution < -0.4 is 10.1 Å². The smallest absolute Gasteiger partial charge is 0.258 e. The molecule has 5 heteroatoms. The van der Waals surface area contributed by atoms with Crippen LogP contribution in [0.15, 0.2) is 18.2 Å². The normalized spacial score (nSPS) is 9.82. The van der Waals surface area contributed by atoms with Gasteiger partial charge in [-0.15, -0.1) is 0 Å². The van der Waals surface area contributed by atoms with Crippen LogP contribution in [0.5, 0.6) is 5.75 Å². The van der Waals surface area contributed by atoms with Crippen molar-refractivity contribution in [2.75, 3.05) is 6.61 Å². The van der Waals surface area contributed by atoms with Gasteiger partial charge in [0.2, 0.25) is 0 Å². The van der Waals surface area contributed by atoms with E-state index >= 15 is 0 Å². The van der Waals surface area contributed by atoms with E-state index in [0.717, 1.165) is 0 Å². The van der Waals surface area contributed by atoms with E-state index in [1.54, 1.807) is 12.1 Å². The minimum atomic E-state index is -0.208. The zero-order valence-electron chi connectivity index (χ0n) is 9.66. The number of rotatable bonds is 4. The van der Waals surface area contributed by atoms with Crippen LogP contribution in [0, 0.1) is 11.3 Å². The van der Waals surface area contributed by atoms with Gasteiger partial charge in [-0.25, -0.2) is 0 Å². The van der Waals surface area contributed by atoms with Gasteiger partial charge in [0.25, 0.3) is 5.91 Å². The Kier molecular flexibility index (Phi) is 4.80. The lowest BCUT2D eigenvalue weighted by molar-refractivity contribution is -0.123. The zero-order valence-corrected chi connectivity index (χ0v) is 10.4. The molecular formula is C12H13ClN2O2. The predicted molar refractivity (Wildman–Crippen MR) is 64.9 cm³/mol. The van der Waals surface area contributed by atoms with Gasteiger partial charge in [-0.1, -0.05) is 11.6 Å². The summed E-state index contributed by atoms with van der Waals surface area (Å²) in [6.45, 7) is 3.64. The molecule has 17 heavy (non-hydrogen) atoms. The fourth-order valence-electron chi connectivity index (χ4n) is 1.19. The highest BCUT2D eigenvalue weighted by Gasteiger charge is 2.07. The predicted octanol–water partition coefficient (Wildman–Crippen LogP) is 2.12. The molecule has 4 nitrogen and oxygen atoms in total. The standard InChI is InChI=1S/C12H13ClN2O2/c1-8(2)15-12(16)7-17-11-4-3-9(6-14)5-10(11)13/h3-5,8H,7H2,1-2H3,(H,15,16). The first-order valence-electron chi connectivity index (χ1n) is 5.14. The van der Waals surface area contributed by atoms with E-state index in [9.17, 15) is 4.79 Å². The van der Waals surface area contributed by atoms with Gasteiger partial charge in [0, 0.05) is 6.04 Å². The van der Waals surface area contributed by atoms with Crippen LogP contribution in [0.4, 0.5) is 0 Å². The summed E-state index contributed by atoms with van der Waals surface area (Å²) >= 11 is 5.89. The lowest BCUT2D eigenvalue weighted by Gasteiger charge is -2.10. The first kappa shape index (κ1) is 13.3. The summed E-state index contributed by atoms with van der Waals surface area (Å²) in [6.07, 6.45) is 0. The molecule has 1 rings (SSSR count). The Labute approximate surface area is 105 Å². The molecule has 1 aromatic carbocycles. The third-order valence-electron chi connectivity index (χ3n) is 1.87. The van der Waals surface area contributed by atoms with Crippen molar-refractivity contribution in [1.82, 2.24) is 5.32 Å². The van der Waals surface area contributed by atoms with Crippen molar-refractivity contribution in [3.63, 3.8) is 0 Å². The molecule has 0 spiro atoms. The molecule has 1 N–H and O–H groups in total. The van der Waals surface area contributed by atoms with Crippen molar-refractivity contribution >= 4 is 17.5 Å². The van der Waals surface area contributed by atoms with Crippen molar-refractivity contribution in [3.8, 4) is 11.8 Å². The number of halogens is 1. The first-order valence-corrected chi connectivity index (χ1v) is 5.52. The maximum Gasteiger partial charge on any atom is 0.258 e. The van der Waals surface area contributed by atoms with E-state index in [0.29, 0.717) is 16.3 Å². The fraction of sp³-hybridized carbons (Fsp3) is 0.333. The summed E-state index contributed by atoms with van der Waals surface area (Å²) in [6, 6.07) is 6.69. The molecule has 0 aliphatic heterocycles. The number of hydrogen-bond donors (Lipinski definition) is 1. The van der Waals surface area contributed by atoms with E-state index in [2.05, 4.69) is 5.32 Å². The Hall–Kier alpha value is -1.73. The van der Waals surface area contributed by atoms with Crippen LogP contribution in [0.25, 0.3) is 0 Å². The molecule has 0 radical (unpaired) electrons. The van der Waals surface area contributed by atoms with E-state index < -0.39 is 0 Å². The van der Waals surface area contributed by atoms with E-state index in [4.69, 9.17) is 21.6 Å². The van der Waals surface area contributed by atoms with Gasteiger partial charge in [0.1, 0.15) is 5.75 Å².